The Bertz CT molecular complexity index is 467. The number of nitrogens with two attached hydrogens (primary N) is 1. The summed E-state index contributed by atoms with van der Waals surface area (Å²) < 4.78 is 31.0. The van der Waals surface area contributed by atoms with Crippen LogP contribution < -0.4 is 0 Å². The van der Waals surface area contributed by atoms with Crippen LogP contribution in [0.4, 0.5) is 0 Å². The van der Waals surface area contributed by atoms with Gasteiger partial charge in [-0.05, 0) is 17.4 Å². The Balaban J connectivity index is 0.000000980. The molecule has 0 radical (unpaired) electrons. The molecule has 0 spiro atoms. The van der Waals surface area contributed by atoms with Gasteiger partial charge in [0.25, 0.3) is 4.87 Å². The minimum atomic E-state index is -4.35. The topological polar surface area (TPSA) is 125 Å². The molecule has 0 amide bonds. The Kier molecular flexibility index (Phi) is 4.28. The van der Waals surface area contributed by atoms with E-state index >= 15 is 0 Å². The van der Waals surface area contributed by atoms with E-state index in [4.69, 9.17) is 4.55 Å². The van der Waals surface area contributed by atoms with Crippen LogP contribution in [-0.2, 0) is 32.5 Å². The van der Waals surface area contributed by atoms with Gasteiger partial charge in [0.2, 0.25) is 0 Å². The zero-order chi connectivity index (χ0) is 9.53. The van der Waals surface area contributed by atoms with Crippen LogP contribution in [0.1, 0.15) is 0 Å². The van der Waals surface area contributed by atoms with Crippen molar-refractivity contribution in [3.8, 4) is 0 Å². The second-order valence-corrected chi connectivity index (χ2v) is 4.14. The van der Waals surface area contributed by atoms with E-state index in [2.05, 4.69) is 15.4 Å². The molecule has 1 aliphatic heterocycles. The maximum atomic E-state index is 11.0. The molecule has 86 valence electrons. The minimum absolute atomic E-state index is 0. The predicted octanol–water partition coefficient (Wildman–Crippen LogP) is 1.23. The van der Waals surface area contributed by atoms with Gasteiger partial charge < -0.3 is 6.15 Å². The molecule has 0 aromatic rings. The Morgan fingerprint density at radius 3 is 2.53 bits per heavy atom. The van der Waals surface area contributed by atoms with Crippen LogP contribution in [-0.4, -0.2) is 23.6 Å². The number of rotatable bonds is 1. The minimum Gasteiger partial charge on any atom is -0.693 e. The van der Waals surface area contributed by atoms with E-state index in [0.717, 1.165) is 0 Å². The Morgan fingerprint density at radius 1 is 1.33 bits per heavy atom. The molecule has 1 atom stereocenters. The van der Waals surface area contributed by atoms with E-state index in [-0.39, 0.29) is 34.2 Å². The number of fused-ring (bicyclic) bond motifs is 1. The van der Waals surface area contributed by atoms with Crippen molar-refractivity contribution < 1.29 is 35.4 Å². The Labute approximate surface area is 102 Å². The van der Waals surface area contributed by atoms with E-state index in [0.29, 0.717) is 0 Å². The van der Waals surface area contributed by atoms with Gasteiger partial charge in [0.15, 0.2) is 0 Å². The molecule has 0 aromatic carbocycles. The first-order chi connectivity index (χ1) is 6.06. The number of hydrogen-bond donors (Lipinski definition) is 1. The zero-order valence-corrected chi connectivity index (χ0v) is 9.50. The first kappa shape index (κ1) is 14.4. The molecule has 0 saturated heterocycles. The molecule has 7 nitrogen and oxygen atoms in total. The summed E-state index contributed by atoms with van der Waals surface area (Å²) in [6.45, 7) is 0. The summed E-state index contributed by atoms with van der Waals surface area (Å²) in [6.07, 6.45) is 5.74. The maximum Gasteiger partial charge on any atom is 1.00 e. The SMILES string of the molecule is O=S(=O)(O)C12C=CC=CC1=NN=N2.[Ag+].[NH2-]. The van der Waals surface area contributed by atoms with Gasteiger partial charge in [-0.15, -0.1) is 10.2 Å². The van der Waals surface area contributed by atoms with Crippen LogP contribution >= 0.6 is 0 Å². The summed E-state index contributed by atoms with van der Waals surface area (Å²) in [5, 5.41) is 10.1. The van der Waals surface area contributed by atoms with E-state index in [1.54, 1.807) is 6.08 Å². The molecule has 1 aliphatic carbocycles. The quantitative estimate of drug-likeness (QED) is 0.576. The molecule has 9 heteroatoms. The smallest absolute Gasteiger partial charge is 0.693 e. The van der Waals surface area contributed by atoms with E-state index in [1.807, 2.05) is 0 Å². The fourth-order valence-corrected chi connectivity index (χ4v) is 1.90. The van der Waals surface area contributed by atoms with Crippen molar-refractivity contribution in [1.82, 2.24) is 0 Å². The summed E-state index contributed by atoms with van der Waals surface area (Å²) in [4.78, 5) is -1.80. The first-order valence-electron chi connectivity index (χ1n) is 3.39. The van der Waals surface area contributed by atoms with Gasteiger partial charge in [0.1, 0.15) is 5.71 Å². The summed E-state index contributed by atoms with van der Waals surface area (Å²) in [5.41, 5.74) is 0.109. The Hall–Kier alpha value is -0.640. The number of nitrogens with zero attached hydrogens (tertiary/aromatic N) is 3. The summed E-state index contributed by atoms with van der Waals surface area (Å²) >= 11 is 0. The van der Waals surface area contributed by atoms with E-state index in [1.165, 1.54) is 18.2 Å². The van der Waals surface area contributed by atoms with Crippen molar-refractivity contribution in [3.05, 3.63) is 30.5 Å². The van der Waals surface area contributed by atoms with Gasteiger partial charge >= 0.3 is 32.5 Å². The third-order valence-electron chi connectivity index (χ3n) is 1.79. The summed E-state index contributed by atoms with van der Waals surface area (Å²) in [6, 6.07) is 0. The molecule has 0 aromatic heterocycles. The first-order valence-corrected chi connectivity index (χ1v) is 4.83. The Morgan fingerprint density at radius 2 is 2.00 bits per heavy atom. The molecular weight excluding hydrogens is 316 g/mol. The molecule has 0 saturated carbocycles. The monoisotopic (exact) mass is 322 g/mol. The van der Waals surface area contributed by atoms with Gasteiger partial charge in [-0.25, -0.2) is 0 Å². The normalized spacial score (nSPS) is 26.3. The van der Waals surface area contributed by atoms with Crippen LogP contribution in [0, 0.1) is 0 Å². The van der Waals surface area contributed by atoms with Crippen LogP contribution in [0.3, 0.4) is 0 Å². The van der Waals surface area contributed by atoms with Gasteiger partial charge in [0, 0.05) is 0 Å². The van der Waals surface area contributed by atoms with Crippen molar-refractivity contribution in [2.75, 3.05) is 0 Å². The van der Waals surface area contributed by atoms with Gasteiger partial charge in [-0.1, -0.05) is 12.2 Å². The van der Waals surface area contributed by atoms with E-state index in [9.17, 15) is 8.42 Å². The number of allylic oxidation sites excluding steroid dienone is 2. The van der Waals surface area contributed by atoms with Crippen LogP contribution in [0.2, 0.25) is 0 Å². The van der Waals surface area contributed by atoms with Crippen molar-refractivity contribution in [2.24, 2.45) is 15.4 Å². The van der Waals surface area contributed by atoms with Gasteiger partial charge in [-0.2, -0.15) is 8.42 Å². The van der Waals surface area contributed by atoms with Crippen molar-refractivity contribution in [3.63, 3.8) is 0 Å². The van der Waals surface area contributed by atoms with Crippen molar-refractivity contribution in [1.29, 1.82) is 0 Å². The third kappa shape index (κ3) is 2.00. The van der Waals surface area contributed by atoms with E-state index < -0.39 is 15.0 Å². The molecule has 1 heterocycles. The molecular formula is C6H7AgN4O3S. The van der Waals surface area contributed by atoms with Gasteiger partial charge in [-0.3, -0.25) is 4.55 Å². The van der Waals surface area contributed by atoms with Crippen LogP contribution in [0.15, 0.2) is 39.7 Å². The average molecular weight is 323 g/mol. The third-order valence-corrected chi connectivity index (χ3v) is 3.01. The molecule has 0 fully saturated rings. The van der Waals surface area contributed by atoms with Gasteiger partial charge in [0.05, 0.1) is 0 Å². The molecule has 0 bridgehead atoms. The summed E-state index contributed by atoms with van der Waals surface area (Å²) in [7, 11) is -4.35. The molecule has 2 rings (SSSR count). The maximum absolute atomic E-state index is 11.0. The van der Waals surface area contributed by atoms with Crippen LogP contribution in [0.5, 0.6) is 0 Å². The molecule has 2 aliphatic rings. The van der Waals surface area contributed by atoms with Crippen LogP contribution in [0.25, 0.3) is 6.15 Å². The largest absolute Gasteiger partial charge is 1.00 e. The molecule has 1 unspecified atom stereocenters. The number of hydrogen-bond acceptors (Lipinski definition) is 5. The molecule has 3 N–H and O–H groups in total. The summed E-state index contributed by atoms with van der Waals surface area (Å²) in [5.74, 6) is 0. The predicted molar refractivity (Wildman–Crippen MR) is 50.1 cm³/mol. The zero-order valence-electron chi connectivity index (χ0n) is 7.20. The molecule has 15 heavy (non-hydrogen) atoms. The average Bonchev–Trinajstić information content (AvgIpc) is 2.46. The second kappa shape index (κ2) is 4.47. The fourth-order valence-electron chi connectivity index (χ4n) is 1.13. The van der Waals surface area contributed by atoms with Crippen molar-refractivity contribution >= 4 is 15.8 Å². The standard InChI is InChI=1S/C6H5N3O3S.Ag.H2N/c10-13(11,12)6-4-2-1-3-5(6)7-9-8-6;;/h1-4H,(H,10,11,12);;1H2/q;+1;-1. The second-order valence-electron chi connectivity index (χ2n) is 2.56. The van der Waals surface area contributed by atoms with Crippen molar-refractivity contribution in [2.45, 2.75) is 4.87 Å². The fraction of sp³-hybridized carbons (Fsp3) is 0.167.